The Kier molecular flexibility index (Phi) is 2.66. The standard InChI is InChI=1S/C7H9NO3/c1-6(9)10-3-2-7-4-8-5-11-7/h4-5H,2-3H2,1H3. The van der Waals surface area contributed by atoms with E-state index in [0.717, 1.165) is 5.76 Å². The van der Waals surface area contributed by atoms with Crippen LogP contribution in [-0.4, -0.2) is 17.6 Å². The Balaban J connectivity index is 2.19. The highest BCUT2D eigenvalue weighted by molar-refractivity contribution is 5.65. The van der Waals surface area contributed by atoms with Crippen LogP contribution in [0.3, 0.4) is 0 Å². The number of hydrogen-bond donors (Lipinski definition) is 0. The van der Waals surface area contributed by atoms with Gasteiger partial charge < -0.3 is 9.15 Å². The Labute approximate surface area is 64.2 Å². The van der Waals surface area contributed by atoms with Gasteiger partial charge in [-0.3, -0.25) is 4.79 Å². The predicted molar refractivity (Wildman–Crippen MR) is 36.8 cm³/mol. The van der Waals surface area contributed by atoms with Crippen LogP contribution in [0.1, 0.15) is 12.7 Å². The Hall–Kier alpha value is -1.32. The number of rotatable bonds is 3. The predicted octanol–water partition coefficient (Wildman–Crippen LogP) is 0.780. The zero-order valence-electron chi connectivity index (χ0n) is 6.24. The summed E-state index contributed by atoms with van der Waals surface area (Å²) in [6.07, 6.45) is 3.53. The molecule has 0 unspecified atom stereocenters. The van der Waals surface area contributed by atoms with Crippen LogP contribution in [0.2, 0.25) is 0 Å². The summed E-state index contributed by atoms with van der Waals surface area (Å²) in [5.41, 5.74) is 0. The van der Waals surface area contributed by atoms with Crippen LogP contribution in [0.15, 0.2) is 17.0 Å². The average Bonchev–Trinajstić information content (AvgIpc) is 2.39. The zero-order valence-corrected chi connectivity index (χ0v) is 6.24. The van der Waals surface area contributed by atoms with E-state index in [0.29, 0.717) is 13.0 Å². The van der Waals surface area contributed by atoms with E-state index in [9.17, 15) is 4.79 Å². The summed E-state index contributed by atoms with van der Waals surface area (Å²) in [5, 5.41) is 0. The molecule has 1 aromatic heterocycles. The van der Waals surface area contributed by atoms with E-state index in [-0.39, 0.29) is 5.97 Å². The topological polar surface area (TPSA) is 52.3 Å². The SMILES string of the molecule is CC(=O)OCCc1cnco1. The van der Waals surface area contributed by atoms with Crippen LogP contribution < -0.4 is 0 Å². The number of carbonyl (C=O) groups excluding carboxylic acids is 1. The second-order valence-corrected chi connectivity index (χ2v) is 2.06. The Morgan fingerprint density at radius 1 is 1.82 bits per heavy atom. The van der Waals surface area contributed by atoms with Gasteiger partial charge in [-0.25, -0.2) is 4.98 Å². The maximum atomic E-state index is 10.3. The first-order chi connectivity index (χ1) is 5.29. The third kappa shape index (κ3) is 2.84. The van der Waals surface area contributed by atoms with Crippen LogP contribution in [0, 0.1) is 0 Å². The number of oxazole rings is 1. The first-order valence-electron chi connectivity index (χ1n) is 3.30. The lowest BCUT2D eigenvalue weighted by molar-refractivity contribution is -0.140. The molecule has 0 saturated heterocycles. The van der Waals surface area contributed by atoms with Crippen molar-refractivity contribution in [2.45, 2.75) is 13.3 Å². The van der Waals surface area contributed by atoms with Crippen LogP contribution in [0.25, 0.3) is 0 Å². The van der Waals surface area contributed by atoms with E-state index in [1.165, 1.54) is 13.3 Å². The molecule has 0 radical (unpaired) electrons. The molecule has 1 rings (SSSR count). The fraction of sp³-hybridized carbons (Fsp3) is 0.429. The van der Waals surface area contributed by atoms with Gasteiger partial charge in [0.1, 0.15) is 5.76 Å². The van der Waals surface area contributed by atoms with Crippen molar-refractivity contribution in [1.29, 1.82) is 0 Å². The van der Waals surface area contributed by atoms with Crippen molar-refractivity contribution in [3.63, 3.8) is 0 Å². The molecule has 0 bridgehead atoms. The number of aromatic nitrogens is 1. The van der Waals surface area contributed by atoms with Crippen molar-refractivity contribution in [1.82, 2.24) is 4.98 Å². The van der Waals surface area contributed by atoms with E-state index < -0.39 is 0 Å². The molecule has 11 heavy (non-hydrogen) atoms. The lowest BCUT2D eigenvalue weighted by atomic mass is 10.4. The van der Waals surface area contributed by atoms with E-state index in [1.54, 1.807) is 6.20 Å². The van der Waals surface area contributed by atoms with Gasteiger partial charge in [0.25, 0.3) is 0 Å². The van der Waals surface area contributed by atoms with Crippen molar-refractivity contribution in [2.75, 3.05) is 6.61 Å². The molecular weight excluding hydrogens is 146 g/mol. The highest BCUT2D eigenvalue weighted by Crippen LogP contribution is 1.97. The molecule has 1 aromatic rings. The summed E-state index contributed by atoms with van der Waals surface area (Å²) < 4.78 is 9.60. The molecule has 0 fully saturated rings. The molecule has 0 saturated carbocycles. The van der Waals surface area contributed by atoms with E-state index in [4.69, 9.17) is 4.42 Å². The highest BCUT2D eigenvalue weighted by atomic mass is 16.5. The van der Waals surface area contributed by atoms with Crippen LogP contribution >= 0.6 is 0 Å². The molecule has 1 heterocycles. The van der Waals surface area contributed by atoms with Gasteiger partial charge in [-0.2, -0.15) is 0 Å². The average molecular weight is 155 g/mol. The van der Waals surface area contributed by atoms with Gasteiger partial charge in [0.2, 0.25) is 0 Å². The van der Waals surface area contributed by atoms with E-state index in [2.05, 4.69) is 9.72 Å². The van der Waals surface area contributed by atoms with E-state index >= 15 is 0 Å². The van der Waals surface area contributed by atoms with Crippen molar-refractivity contribution in [2.24, 2.45) is 0 Å². The molecule has 0 aromatic carbocycles. The number of hydrogen-bond acceptors (Lipinski definition) is 4. The van der Waals surface area contributed by atoms with Crippen molar-refractivity contribution >= 4 is 5.97 Å². The molecule has 4 nitrogen and oxygen atoms in total. The van der Waals surface area contributed by atoms with Gasteiger partial charge in [0, 0.05) is 13.3 Å². The lowest BCUT2D eigenvalue weighted by Gasteiger charge is -1.97. The van der Waals surface area contributed by atoms with Crippen molar-refractivity contribution < 1.29 is 13.9 Å². The van der Waals surface area contributed by atoms with Crippen molar-refractivity contribution in [3.8, 4) is 0 Å². The van der Waals surface area contributed by atoms with Crippen LogP contribution in [0.5, 0.6) is 0 Å². The number of esters is 1. The maximum absolute atomic E-state index is 10.3. The molecule has 60 valence electrons. The van der Waals surface area contributed by atoms with Crippen LogP contribution in [0.4, 0.5) is 0 Å². The smallest absolute Gasteiger partial charge is 0.302 e. The minimum atomic E-state index is -0.274. The monoisotopic (exact) mass is 155 g/mol. The highest BCUT2D eigenvalue weighted by Gasteiger charge is 1.97. The van der Waals surface area contributed by atoms with Gasteiger partial charge in [-0.15, -0.1) is 0 Å². The van der Waals surface area contributed by atoms with Gasteiger partial charge >= 0.3 is 5.97 Å². The third-order valence-corrected chi connectivity index (χ3v) is 1.14. The molecule has 0 spiro atoms. The molecule has 0 aliphatic carbocycles. The lowest BCUT2D eigenvalue weighted by Crippen LogP contribution is -2.02. The summed E-state index contributed by atoms with van der Waals surface area (Å²) in [4.78, 5) is 14.0. The Bertz CT molecular complexity index is 218. The number of ether oxygens (including phenoxy) is 1. The number of carbonyl (C=O) groups is 1. The number of nitrogens with zero attached hydrogens (tertiary/aromatic N) is 1. The summed E-state index contributed by atoms with van der Waals surface area (Å²) in [6.45, 7) is 1.73. The van der Waals surface area contributed by atoms with Gasteiger partial charge in [-0.1, -0.05) is 0 Å². The summed E-state index contributed by atoms with van der Waals surface area (Å²) >= 11 is 0. The first kappa shape index (κ1) is 7.78. The molecular formula is C7H9NO3. The van der Waals surface area contributed by atoms with Crippen molar-refractivity contribution in [3.05, 3.63) is 18.4 Å². The Morgan fingerprint density at radius 2 is 2.64 bits per heavy atom. The fourth-order valence-electron chi connectivity index (χ4n) is 0.661. The van der Waals surface area contributed by atoms with Gasteiger partial charge in [0.15, 0.2) is 6.39 Å². The molecule has 0 aliphatic heterocycles. The second kappa shape index (κ2) is 3.75. The van der Waals surface area contributed by atoms with Gasteiger partial charge in [-0.05, 0) is 0 Å². The van der Waals surface area contributed by atoms with Crippen LogP contribution in [-0.2, 0) is 16.0 Å². The second-order valence-electron chi connectivity index (χ2n) is 2.06. The largest absolute Gasteiger partial charge is 0.465 e. The van der Waals surface area contributed by atoms with E-state index in [1.807, 2.05) is 0 Å². The van der Waals surface area contributed by atoms with Gasteiger partial charge in [0.05, 0.1) is 12.8 Å². The normalized spacial score (nSPS) is 9.55. The molecule has 0 aliphatic rings. The summed E-state index contributed by atoms with van der Waals surface area (Å²) in [5.74, 6) is 0.454. The summed E-state index contributed by atoms with van der Waals surface area (Å²) in [6, 6.07) is 0. The third-order valence-electron chi connectivity index (χ3n) is 1.14. The quantitative estimate of drug-likeness (QED) is 0.605. The molecule has 0 atom stereocenters. The maximum Gasteiger partial charge on any atom is 0.302 e. The minimum absolute atomic E-state index is 0.274. The summed E-state index contributed by atoms with van der Waals surface area (Å²) in [7, 11) is 0. The molecule has 0 amide bonds. The Morgan fingerprint density at radius 3 is 3.18 bits per heavy atom. The zero-order chi connectivity index (χ0) is 8.10. The molecule has 4 heteroatoms. The molecule has 0 N–H and O–H groups in total. The minimum Gasteiger partial charge on any atom is -0.465 e. The fourth-order valence-corrected chi connectivity index (χ4v) is 0.661. The first-order valence-corrected chi connectivity index (χ1v) is 3.30.